The van der Waals surface area contributed by atoms with Crippen molar-refractivity contribution < 1.29 is 17.9 Å². The Morgan fingerprint density at radius 3 is 2.38 bits per heavy atom. The molecule has 0 aliphatic carbocycles. The molecular formula is C25H32N2O4S. The van der Waals surface area contributed by atoms with E-state index in [4.69, 9.17) is 4.74 Å². The van der Waals surface area contributed by atoms with E-state index in [9.17, 15) is 13.2 Å². The van der Waals surface area contributed by atoms with Gasteiger partial charge in [-0.25, -0.2) is 12.7 Å². The Bertz CT molecular complexity index is 1060. The largest absolute Gasteiger partial charge is 0.487 e. The third-order valence-corrected chi connectivity index (χ3v) is 8.66. The smallest absolute Gasteiger partial charge is 0.251 e. The number of hydrogen-bond acceptors (Lipinski definition) is 4. The number of benzene rings is 2. The SMILES string of the molecule is CCC1(CC)CC(NC(=O)c2ccc(CS(=O)(=O)N3CCCC3)cc2)c2ccccc2O1. The van der Waals surface area contributed by atoms with Crippen molar-refractivity contribution in [1.29, 1.82) is 0 Å². The molecule has 0 saturated carbocycles. The summed E-state index contributed by atoms with van der Waals surface area (Å²) in [7, 11) is -3.30. The van der Waals surface area contributed by atoms with E-state index >= 15 is 0 Å². The summed E-state index contributed by atoms with van der Waals surface area (Å²) in [6, 6.07) is 14.6. The van der Waals surface area contributed by atoms with Crippen LogP contribution in [0.1, 0.15) is 73.5 Å². The summed E-state index contributed by atoms with van der Waals surface area (Å²) in [6.45, 7) is 5.44. The van der Waals surface area contributed by atoms with Crippen LogP contribution in [0.5, 0.6) is 5.75 Å². The molecule has 7 heteroatoms. The van der Waals surface area contributed by atoms with Gasteiger partial charge in [0, 0.05) is 30.6 Å². The summed E-state index contributed by atoms with van der Waals surface area (Å²) in [5, 5.41) is 3.18. The molecule has 0 spiro atoms. The van der Waals surface area contributed by atoms with E-state index in [1.165, 1.54) is 0 Å². The van der Waals surface area contributed by atoms with Crippen molar-refractivity contribution in [3.05, 3.63) is 65.2 Å². The maximum absolute atomic E-state index is 13.0. The zero-order valence-corrected chi connectivity index (χ0v) is 19.7. The predicted molar refractivity (Wildman–Crippen MR) is 125 cm³/mol. The highest BCUT2D eigenvalue weighted by Gasteiger charge is 2.39. The Balaban J connectivity index is 1.48. The standard InChI is InChI=1S/C25H32N2O4S/c1-3-25(4-2)17-22(21-9-5-6-10-23(21)31-25)26-24(28)20-13-11-19(12-14-20)18-32(29,30)27-15-7-8-16-27/h5-6,9-14,22H,3-4,7-8,15-18H2,1-2H3,(H,26,28). The summed E-state index contributed by atoms with van der Waals surface area (Å²) < 4.78 is 33.0. The molecule has 0 bridgehead atoms. The molecule has 2 aliphatic rings. The molecule has 1 atom stereocenters. The fourth-order valence-electron chi connectivity index (χ4n) is 4.69. The zero-order chi connectivity index (χ0) is 22.8. The van der Waals surface area contributed by atoms with Crippen LogP contribution in [-0.2, 0) is 15.8 Å². The zero-order valence-electron chi connectivity index (χ0n) is 18.8. The van der Waals surface area contributed by atoms with Crippen molar-refractivity contribution in [2.45, 2.75) is 63.3 Å². The molecule has 1 N–H and O–H groups in total. The summed E-state index contributed by atoms with van der Waals surface area (Å²) in [5.74, 6) is 0.634. The number of hydrogen-bond donors (Lipinski definition) is 1. The number of ether oxygens (including phenoxy) is 1. The number of sulfonamides is 1. The van der Waals surface area contributed by atoms with Crippen LogP contribution < -0.4 is 10.1 Å². The maximum atomic E-state index is 13.0. The van der Waals surface area contributed by atoms with Crippen LogP contribution in [0.15, 0.2) is 48.5 Å². The molecule has 1 unspecified atom stereocenters. The molecule has 6 nitrogen and oxygen atoms in total. The van der Waals surface area contributed by atoms with Crippen LogP contribution in [0.3, 0.4) is 0 Å². The minimum atomic E-state index is -3.30. The topological polar surface area (TPSA) is 75.7 Å². The second kappa shape index (κ2) is 9.24. The van der Waals surface area contributed by atoms with Gasteiger partial charge in [-0.15, -0.1) is 0 Å². The van der Waals surface area contributed by atoms with E-state index in [1.807, 2.05) is 24.3 Å². The van der Waals surface area contributed by atoms with Gasteiger partial charge >= 0.3 is 0 Å². The first kappa shape index (κ1) is 22.8. The quantitative estimate of drug-likeness (QED) is 0.669. The maximum Gasteiger partial charge on any atom is 0.251 e. The van der Waals surface area contributed by atoms with E-state index in [-0.39, 0.29) is 23.3 Å². The van der Waals surface area contributed by atoms with Crippen molar-refractivity contribution in [3.8, 4) is 5.75 Å². The molecule has 172 valence electrons. The average molecular weight is 457 g/mol. The fourth-order valence-corrected chi connectivity index (χ4v) is 6.30. The van der Waals surface area contributed by atoms with Crippen molar-refractivity contribution in [3.63, 3.8) is 0 Å². The number of rotatable bonds is 7. The van der Waals surface area contributed by atoms with Crippen LogP contribution in [0.2, 0.25) is 0 Å². The van der Waals surface area contributed by atoms with Crippen LogP contribution in [-0.4, -0.2) is 37.3 Å². The lowest BCUT2D eigenvalue weighted by atomic mass is 9.83. The Hall–Kier alpha value is -2.38. The highest BCUT2D eigenvalue weighted by Crippen LogP contribution is 2.42. The second-order valence-electron chi connectivity index (χ2n) is 8.82. The van der Waals surface area contributed by atoms with Gasteiger partial charge in [0.05, 0.1) is 11.8 Å². The van der Waals surface area contributed by atoms with E-state index < -0.39 is 10.0 Å². The summed E-state index contributed by atoms with van der Waals surface area (Å²) >= 11 is 0. The van der Waals surface area contributed by atoms with Gasteiger partial charge in [0.1, 0.15) is 11.4 Å². The number of nitrogens with zero attached hydrogens (tertiary/aromatic N) is 1. The molecule has 2 aliphatic heterocycles. The third-order valence-electron chi connectivity index (χ3n) is 6.81. The van der Waals surface area contributed by atoms with Gasteiger partial charge in [0.2, 0.25) is 10.0 Å². The minimum Gasteiger partial charge on any atom is -0.487 e. The molecule has 32 heavy (non-hydrogen) atoms. The summed E-state index contributed by atoms with van der Waals surface area (Å²) in [5.41, 5.74) is 1.92. The number of fused-ring (bicyclic) bond motifs is 1. The minimum absolute atomic E-state index is 0.0300. The van der Waals surface area contributed by atoms with Crippen molar-refractivity contribution in [2.75, 3.05) is 13.1 Å². The van der Waals surface area contributed by atoms with Crippen molar-refractivity contribution in [2.24, 2.45) is 0 Å². The van der Waals surface area contributed by atoms with Crippen LogP contribution >= 0.6 is 0 Å². The van der Waals surface area contributed by atoms with Gasteiger partial charge in [-0.2, -0.15) is 0 Å². The number of amides is 1. The van der Waals surface area contributed by atoms with Gasteiger partial charge in [-0.1, -0.05) is 44.2 Å². The van der Waals surface area contributed by atoms with Gasteiger partial charge in [-0.3, -0.25) is 4.79 Å². The highest BCUT2D eigenvalue weighted by molar-refractivity contribution is 7.88. The van der Waals surface area contributed by atoms with Gasteiger partial charge in [0.25, 0.3) is 5.91 Å². The molecular weight excluding hydrogens is 424 g/mol. The number of nitrogens with one attached hydrogen (secondary N) is 1. The van der Waals surface area contributed by atoms with Gasteiger partial charge in [-0.05, 0) is 49.4 Å². The first-order valence-corrected chi connectivity index (χ1v) is 13.1. The Kier molecular flexibility index (Phi) is 6.58. The Morgan fingerprint density at radius 2 is 1.72 bits per heavy atom. The monoisotopic (exact) mass is 456 g/mol. The normalized spacial score (nSPS) is 20.4. The Morgan fingerprint density at radius 1 is 1.06 bits per heavy atom. The van der Waals surface area contributed by atoms with Crippen LogP contribution in [0.4, 0.5) is 0 Å². The number of carbonyl (C=O) groups excluding carboxylic acids is 1. The first-order chi connectivity index (χ1) is 15.4. The van der Waals surface area contributed by atoms with Crippen molar-refractivity contribution >= 4 is 15.9 Å². The van der Waals surface area contributed by atoms with Gasteiger partial charge in [0.15, 0.2) is 0 Å². The lowest BCUT2D eigenvalue weighted by molar-refractivity contribution is 0.0227. The molecule has 1 saturated heterocycles. The Labute approximate surface area is 191 Å². The summed E-state index contributed by atoms with van der Waals surface area (Å²) in [6.07, 6.45) is 4.29. The fraction of sp³-hybridized carbons (Fsp3) is 0.480. The molecule has 2 heterocycles. The molecule has 0 aromatic heterocycles. The molecule has 0 radical (unpaired) electrons. The number of carbonyl (C=O) groups is 1. The molecule has 2 aromatic carbocycles. The molecule has 4 rings (SSSR count). The molecule has 1 amide bonds. The number of para-hydroxylation sites is 1. The predicted octanol–water partition coefficient (Wildman–Crippen LogP) is 4.42. The van der Waals surface area contributed by atoms with Crippen molar-refractivity contribution in [1.82, 2.24) is 9.62 Å². The van der Waals surface area contributed by atoms with E-state index in [0.717, 1.165) is 43.4 Å². The average Bonchev–Trinajstić information content (AvgIpc) is 3.35. The van der Waals surface area contributed by atoms with Crippen LogP contribution in [0, 0.1) is 0 Å². The van der Waals surface area contributed by atoms with Crippen LogP contribution in [0.25, 0.3) is 0 Å². The van der Waals surface area contributed by atoms with E-state index in [2.05, 4.69) is 19.2 Å². The van der Waals surface area contributed by atoms with E-state index in [0.29, 0.717) is 24.2 Å². The van der Waals surface area contributed by atoms with Gasteiger partial charge < -0.3 is 10.1 Å². The summed E-state index contributed by atoms with van der Waals surface area (Å²) in [4.78, 5) is 13.0. The van der Waals surface area contributed by atoms with E-state index in [1.54, 1.807) is 28.6 Å². The molecule has 2 aromatic rings. The highest BCUT2D eigenvalue weighted by atomic mass is 32.2. The first-order valence-electron chi connectivity index (χ1n) is 11.5. The lowest BCUT2D eigenvalue weighted by Gasteiger charge is -2.41. The lowest BCUT2D eigenvalue weighted by Crippen LogP contribution is -2.44. The third kappa shape index (κ3) is 4.69. The molecule has 1 fully saturated rings. The second-order valence-corrected chi connectivity index (χ2v) is 10.8.